The van der Waals surface area contributed by atoms with Crippen molar-refractivity contribution in [1.82, 2.24) is 0 Å². The van der Waals surface area contributed by atoms with Crippen LogP contribution in [0.2, 0.25) is 10.1 Å². The van der Waals surface area contributed by atoms with Gasteiger partial charge in [-0.1, -0.05) is 250 Å². The van der Waals surface area contributed by atoms with Gasteiger partial charge in [-0.05, 0) is 153 Å². The monoisotopic (exact) mass is 1100 g/mol. The lowest BCUT2D eigenvalue weighted by Gasteiger charge is -2.43. The van der Waals surface area contributed by atoms with Gasteiger partial charge in [0.25, 0.3) is 16.6 Å². The number of carbonyl (C=O) groups excluding carboxylic acids is 1. The van der Waals surface area contributed by atoms with E-state index in [1.165, 1.54) is 124 Å². The molecule has 0 aliphatic heterocycles. The van der Waals surface area contributed by atoms with Crippen molar-refractivity contribution in [2.75, 3.05) is 26.9 Å². The molecule has 4 aromatic carbocycles. The van der Waals surface area contributed by atoms with Gasteiger partial charge >= 0.3 is 5.97 Å². The molecule has 0 aromatic heterocycles. The Hall–Kier alpha value is -4.38. The van der Waals surface area contributed by atoms with Crippen molar-refractivity contribution in [2.24, 2.45) is 0 Å². The largest absolute Gasteiger partial charge is 0.469 e. The molecule has 0 unspecified atom stereocenters. The Balaban J connectivity index is 0.000000411. The number of unbranched alkanes of at least 4 members (excludes halogenated alkanes) is 19. The summed E-state index contributed by atoms with van der Waals surface area (Å²) in [6, 6.07) is 43.8. The van der Waals surface area contributed by atoms with Crippen LogP contribution in [-0.4, -0.2) is 54.6 Å². The minimum atomic E-state index is -2.40. The Morgan fingerprint density at radius 2 is 0.615 bits per heavy atom. The van der Waals surface area contributed by atoms with E-state index in [4.69, 9.17) is 14.0 Å². The van der Waals surface area contributed by atoms with E-state index in [1.807, 2.05) is 0 Å². The lowest BCUT2D eigenvalue weighted by Crippen LogP contribution is -2.66. The molecule has 0 fully saturated rings. The predicted molar refractivity (Wildman–Crippen MR) is 343 cm³/mol. The maximum absolute atomic E-state index is 11.1. The number of methoxy groups -OCH3 is 1. The minimum absolute atomic E-state index is 0.0408. The Kier molecular flexibility index (Phi) is 36.2. The van der Waals surface area contributed by atoms with E-state index in [0.29, 0.717) is 13.0 Å². The number of esters is 1. The first kappa shape index (κ1) is 67.9. The Bertz CT molecular complexity index is 2090. The van der Waals surface area contributed by atoms with E-state index in [0.717, 1.165) is 77.4 Å². The first-order valence-electron chi connectivity index (χ1n) is 30.7. The molecule has 7 heteroatoms. The molecular weight excluding hydrogens is 989 g/mol. The van der Waals surface area contributed by atoms with Crippen LogP contribution >= 0.6 is 0 Å². The van der Waals surface area contributed by atoms with E-state index in [2.05, 4.69) is 216 Å². The highest BCUT2D eigenvalue weighted by molar-refractivity contribution is 7.00. The number of aliphatic hydroxyl groups is 1. The number of benzene rings is 4. The standard InChI is InChI=1S/C36H54O3Si.C35H54O2Si/c1-36(2,3)40(33-27-21-19-22-28-33,34-29-23-20-24-30-34)39-32-26-18-16-14-12-10-8-6-5-7-9-11-13-15-17-25-31-35(37)38-4;1-35(2,3)38(33-27-21-19-22-28-33,34-29-23-20-24-30-34)37-32-26-18-16-14-12-10-8-6-4-5-7-9-11-13-15-17-25-31-36/h12-15,19-24,27-30H,5-11,16-18,25-26,31-32H2,1-4H3;11-14,19-24,27-30,36H,4-10,15-18,25-26,31-32H2,1-3H3/b14-12-,15-13-;13-11-,14-12-. The van der Waals surface area contributed by atoms with Crippen molar-refractivity contribution in [3.8, 4) is 0 Å². The zero-order chi connectivity index (χ0) is 56.3. The number of carbonyl (C=O) groups is 1. The second-order valence-corrected chi connectivity index (χ2v) is 31.9. The van der Waals surface area contributed by atoms with Crippen LogP contribution in [0.5, 0.6) is 0 Å². The van der Waals surface area contributed by atoms with Crippen molar-refractivity contribution in [2.45, 2.75) is 219 Å². The van der Waals surface area contributed by atoms with Crippen molar-refractivity contribution in [1.29, 1.82) is 0 Å². The van der Waals surface area contributed by atoms with Gasteiger partial charge in [-0.3, -0.25) is 4.79 Å². The topological polar surface area (TPSA) is 65.0 Å². The van der Waals surface area contributed by atoms with Crippen LogP contribution in [-0.2, 0) is 18.4 Å². The van der Waals surface area contributed by atoms with Crippen LogP contribution in [0.25, 0.3) is 0 Å². The minimum Gasteiger partial charge on any atom is -0.469 e. The summed E-state index contributed by atoms with van der Waals surface area (Å²) in [6.45, 7) is 16.0. The van der Waals surface area contributed by atoms with Crippen molar-refractivity contribution >= 4 is 43.4 Å². The SMILES string of the molecule is CC(C)(C)[Si](OCCCC/C=C\CCCCCCC/C=C\CCCCO)(c1ccccc1)c1ccccc1.COC(=O)CCC/C=C\CCCCCCC/C=C\CCCCO[Si](c1ccccc1)(c1ccccc1)C(C)(C)C. The number of allylic oxidation sites excluding steroid dienone is 8. The summed E-state index contributed by atoms with van der Waals surface area (Å²) in [4.78, 5) is 11.1. The molecular formula is C71H108O5Si2. The van der Waals surface area contributed by atoms with Crippen LogP contribution < -0.4 is 20.7 Å². The highest BCUT2D eigenvalue weighted by Gasteiger charge is 2.51. The third-order valence-corrected chi connectivity index (χ3v) is 25.0. The van der Waals surface area contributed by atoms with Crippen LogP contribution in [0.15, 0.2) is 170 Å². The Labute approximate surface area is 479 Å². The van der Waals surface area contributed by atoms with Crippen molar-refractivity contribution < 1.29 is 23.5 Å². The maximum atomic E-state index is 11.1. The van der Waals surface area contributed by atoms with Gasteiger partial charge in [0.05, 0.1) is 7.11 Å². The Morgan fingerprint density at radius 1 is 0.372 bits per heavy atom. The summed E-state index contributed by atoms with van der Waals surface area (Å²) in [5.74, 6) is -0.111. The normalized spacial score (nSPS) is 12.5. The van der Waals surface area contributed by atoms with Gasteiger partial charge in [0.1, 0.15) is 0 Å². The van der Waals surface area contributed by atoms with Crippen LogP contribution in [0.3, 0.4) is 0 Å². The summed E-state index contributed by atoms with van der Waals surface area (Å²) < 4.78 is 18.7. The van der Waals surface area contributed by atoms with Crippen LogP contribution in [0, 0.1) is 0 Å². The third kappa shape index (κ3) is 26.3. The van der Waals surface area contributed by atoms with Crippen molar-refractivity contribution in [3.63, 3.8) is 0 Å². The van der Waals surface area contributed by atoms with Crippen molar-refractivity contribution in [3.05, 3.63) is 170 Å². The highest BCUT2D eigenvalue weighted by Crippen LogP contribution is 2.38. The lowest BCUT2D eigenvalue weighted by molar-refractivity contribution is -0.140. The fraction of sp³-hybridized carbons (Fsp3) is 0.535. The predicted octanol–water partition coefficient (Wildman–Crippen LogP) is 17.7. The molecule has 0 heterocycles. The summed E-state index contributed by atoms with van der Waals surface area (Å²) in [7, 11) is -3.35. The van der Waals surface area contributed by atoms with E-state index in [9.17, 15) is 4.79 Å². The van der Waals surface area contributed by atoms with E-state index in [1.54, 1.807) is 0 Å². The number of ether oxygens (including phenoxy) is 1. The van der Waals surface area contributed by atoms with E-state index < -0.39 is 16.6 Å². The quantitative estimate of drug-likeness (QED) is 0.0208. The second-order valence-electron chi connectivity index (χ2n) is 23.3. The lowest BCUT2D eigenvalue weighted by atomic mass is 10.1. The molecule has 0 saturated carbocycles. The van der Waals surface area contributed by atoms with Crippen LogP contribution in [0.4, 0.5) is 0 Å². The fourth-order valence-electron chi connectivity index (χ4n) is 10.6. The average molecular weight is 1100 g/mol. The zero-order valence-electron chi connectivity index (χ0n) is 50.3. The molecule has 4 rings (SSSR count). The molecule has 0 spiro atoms. The van der Waals surface area contributed by atoms with Gasteiger partial charge in [-0.2, -0.15) is 0 Å². The zero-order valence-corrected chi connectivity index (χ0v) is 52.3. The van der Waals surface area contributed by atoms with E-state index >= 15 is 0 Å². The van der Waals surface area contributed by atoms with Gasteiger partial charge in [-0.15, -0.1) is 0 Å². The number of hydrogen-bond acceptors (Lipinski definition) is 5. The molecule has 1 N–H and O–H groups in total. The molecule has 0 radical (unpaired) electrons. The number of hydrogen-bond donors (Lipinski definition) is 1. The van der Waals surface area contributed by atoms with Gasteiger partial charge in [0.2, 0.25) is 0 Å². The molecule has 0 bridgehead atoms. The van der Waals surface area contributed by atoms with Crippen LogP contribution in [0.1, 0.15) is 208 Å². The summed E-state index contributed by atoms with van der Waals surface area (Å²) >= 11 is 0. The second kappa shape index (κ2) is 41.6. The molecule has 0 aliphatic carbocycles. The average Bonchev–Trinajstić information content (AvgIpc) is 3.46. The number of aliphatic hydroxyl groups excluding tert-OH is 1. The highest BCUT2D eigenvalue weighted by atomic mass is 28.4. The van der Waals surface area contributed by atoms with Gasteiger partial charge in [-0.25, -0.2) is 0 Å². The fourth-order valence-corrected chi connectivity index (χ4v) is 19.8. The third-order valence-electron chi connectivity index (χ3n) is 14.9. The van der Waals surface area contributed by atoms with Gasteiger partial charge in [0, 0.05) is 26.2 Å². The first-order chi connectivity index (χ1) is 37.9. The number of rotatable bonds is 40. The smallest absolute Gasteiger partial charge is 0.305 e. The molecule has 430 valence electrons. The molecule has 0 aliphatic rings. The molecule has 0 atom stereocenters. The Morgan fingerprint density at radius 3 is 0.872 bits per heavy atom. The molecule has 0 saturated heterocycles. The molecule has 4 aromatic rings. The maximum Gasteiger partial charge on any atom is 0.305 e. The summed E-state index contributed by atoms with van der Waals surface area (Å²) in [5, 5.41) is 14.3. The molecule has 0 amide bonds. The summed E-state index contributed by atoms with van der Waals surface area (Å²) in [5.41, 5.74) is 0. The van der Waals surface area contributed by atoms with E-state index in [-0.39, 0.29) is 16.0 Å². The van der Waals surface area contributed by atoms with Gasteiger partial charge in [0.15, 0.2) is 0 Å². The molecule has 5 nitrogen and oxygen atoms in total. The first-order valence-corrected chi connectivity index (χ1v) is 34.5. The van der Waals surface area contributed by atoms with Gasteiger partial charge < -0.3 is 18.7 Å². The summed E-state index contributed by atoms with van der Waals surface area (Å²) in [6.07, 6.45) is 48.8. The molecule has 78 heavy (non-hydrogen) atoms.